The molecule has 2 aromatic carbocycles. The molecule has 0 radical (unpaired) electrons. The van der Waals surface area contributed by atoms with Crippen molar-refractivity contribution >= 4 is 17.6 Å². The van der Waals surface area contributed by atoms with Gasteiger partial charge in [-0.25, -0.2) is 4.79 Å². The number of anilines is 1. The van der Waals surface area contributed by atoms with Crippen LogP contribution in [0.4, 0.5) is 5.69 Å². The first-order valence-corrected chi connectivity index (χ1v) is 8.82. The zero-order valence-corrected chi connectivity index (χ0v) is 15.4. The van der Waals surface area contributed by atoms with Crippen molar-refractivity contribution in [1.29, 1.82) is 0 Å². The molecule has 0 saturated heterocycles. The Balaban J connectivity index is 1.86. The first-order chi connectivity index (χ1) is 13.1. The maximum atomic E-state index is 11.8. The van der Waals surface area contributed by atoms with Crippen molar-refractivity contribution < 1.29 is 19.1 Å². The number of esters is 1. The number of ether oxygens (including phenoxy) is 2. The number of carbonyl (C=O) groups excluding carboxylic acids is 2. The molecule has 27 heavy (non-hydrogen) atoms. The highest BCUT2D eigenvalue weighted by Crippen LogP contribution is 2.16. The van der Waals surface area contributed by atoms with Crippen molar-refractivity contribution in [3.8, 4) is 5.75 Å². The monoisotopic (exact) mass is 371 g/mol. The van der Waals surface area contributed by atoms with Crippen LogP contribution in [0.5, 0.6) is 5.75 Å². The summed E-state index contributed by atoms with van der Waals surface area (Å²) in [5, 5.41) is 6.01. The fraction of sp³-hybridized carbons (Fsp3) is 0.300. The lowest BCUT2D eigenvalue weighted by Gasteiger charge is -2.10. The number of carbonyl (C=O) groups is 2. The van der Waals surface area contributed by atoms with Gasteiger partial charge in [-0.2, -0.15) is 0 Å². The number of hydrogen-bond acceptors (Lipinski definition) is 6. The summed E-state index contributed by atoms with van der Waals surface area (Å²) >= 11 is 0. The minimum Gasteiger partial charge on any atom is -0.482 e. The van der Waals surface area contributed by atoms with E-state index >= 15 is 0 Å². The standard InChI is InChI=1S/C20H25N3O4/c1-2-26-19(24)14-27-18-5-3-4-15(12-18)13-23-17-8-6-16(7-9-17)20(25)22-11-10-21/h3-9,12,23H,2,10-11,13-14,21H2,1H3,(H,22,25). The van der Waals surface area contributed by atoms with Crippen LogP contribution in [-0.4, -0.2) is 38.2 Å². The van der Waals surface area contributed by atoms with Crippen LogP contribution in [0.3, 0.4) is 0 Å². The van der Waals surface area contributed by atoms with E-state index in [2.05, 4.69) is 10.6 Å². The van der Waals surface area contributed by atoms with E-state index in [1.807, 2.05) is 30.3 Å². The van der Waals surface area contributed by atoms with Crippen molar-refractivity contribution in [2.75, 3.05) is 31.6 Å². The smallest absolute Gasteiger partial charge is 0.344 e. The number of hydrogen-bond donors (Lipinski definition) is 3. The van der Waals surface area contributed by atoms with Gasteiger partial charge in [0.1, 0.15) is 5.75 Å². The summed E-state index contributed by atoms with van der Waals surface area (Å²) < 4.78 is 10.3. The minimum absolute atomic E-state index is 0.113. The van der Waals surface area contributed by atoms with Gasteiger partial charge in [-0.15, -0.1) is 0 Å². The van der Waals surface area contributed by atoms with E-state index in [4.69, 9.17) is 15.2 Å². The van der Waals surface area contributed by atoms with E-state index in [9.17, 15) is 9.59 Å². The van der Waals surface area contributed by atoms with Crippen molar-refractivity contribution in [1.82, 2.24) is 5.32 Å². The summed E-state index contributed by atoms with van der Waals surface area (Å²) in [5.74, 6) is 0.0735. The Morgan fingerprint density at radius 2 is 1.89 bits per heavy atom. The fourth-order valence-corrected chi connectivity index (χ4v) is 2.32. The third-order valence-corrected chi connectivity index (χ3v) is 3.63. The maximum Gasteiger partial charge on any atom is 0.344 e. The van der Waals surface area contributed by atoms with Crippen LogP contribution >= 0.6 is 0 Å². The summed E-state index contributed by atoms with van der Waals surface area (Å²) in [6.07, 6.45) is 0. The van der Waals surface area contributed by atoms with Crippen LogP contribution in [0.25, 0.3) is 0 Å². The van der Waals surface area contributed by atoms with Gasteiger partial charge in [0.2, 0.25) is 0 Å². The van der Waals surface area contributed by atoms with Crippen molar-refractivity contribution in [2.24, 2.45) is 5.73 Å². The second-order valence-electron chi connectivity index (χ2n) is 5.72. The maximum absolute atomic E-state index is 11.8. The van der Waals surface area contributed by atoms with Crippen LogP contribution in [0.15, 0.2) is 48.5 Å². The van der Waals surface area contributed by atoms with E-state index in [1.54, 1.807) is 25.1 Å². The first kappa shape index (κ1) is 20.3. The van der Waals surface area contributed by atoms with Crippen LogP contribution in [0.2, 0.25) is 0 Å². The van der Waals surface area contributed by atoms with Crippen LogP contribution in [0, 0.1) is 0 Å². The predicted molar refractivity (Wildman–Crippen MR) is 104 cm³/mol. The van der Waals surface area contributed by atoms with E-state index in [-0.39, 0.29) is 12.5 Å². The Kier molecular flexibility index (Phi) is 8.12. The lowest BCUT2D eigenvalue weighted by molar-refractivity contribution is -0.145. The molecule has 0 aliphatic heterocycles. The molecule has 7 heteroatoms. The molecular formula is C20H25N3O4. The zero-order valence-electron chi connectivity index (χ0n) is 15.4. The van der Waals surface area contributed by atoms with Gasteiger partial charge in [0.25, 0.3) is 5.91 Å². The number of nitrogens with two attached hydrogens (primary N) is 1. The molecule has 0 aliphatic carbocycles. The average Bonchev–Trinajstić information content (AvgIpc) is 2.70. The van der Waals surface area contributed by atoms with Gasteiger partial charge >= 0.3 is 5.97 Å². The molecule has 0 saturated carbocycles. The normalized spacial score (nSPS) is 10.1. The molecular weight excluding hydrogens is 346 g/mol. The molecule has 0 bridgehead atoms. The highest BCUT2D eigenvalue weighted by molar-refractivity contribution is 5.94. The van der Waals surface area contributed by atoms with E-state index < -0.39 is 5.97 Å². The molecule has 0 spiro atoms. The largest absolute Gasteiger partial charge is 0.482 e. The second-order valence-corrected chi connectivity index (χ2v) is 5.72. The van der Waals surface area contributed by atoms with Gasteiger partial charge in [-0.1, -0.05) is 12.1 Å². The highest BCUT2D eigenvalue weighted by Gasteiger charge is 2.05. The average molecular weight is 371 g/mol. The molecule has 0 fully saturated rings. The SMILES string of the molecule is CCOC(=O)COc1cccc(CNc2ccc(C(=O)NCCN)cc2)c1. The van der Waals surface area contributed by atoms with Gasteiger partial charge in [-0.3, -0.25) is 4.79 Å². The molecule has 2 aromatic rings. The molecule has 1 amide bonds. The van der Waals surface area contributed by atoms with Gasteiger partial charge in [0, 0.05) is 30.9 Å². The molecule has 7 nitrogen and oxygen atoms in total. The zero-order chi connectivity index (χ0) is 19.5. The molecule has 0 unspecified atom stereocenters. The van der Waals surface area contributed by atoms with Gasteiger partial charge < -0.3 is 25.8 Å². The summed E-state index contributed by atoms with van der Waals surface area (Å²) in [6.45, 7) is 3.41. The highest BCUT2D eigenvalue weighted by atomic mass is 16.6. The topological polar surface area (TPSA) is 103 Å². The molecule has 2 rings (SSSR count). The van der Waals surface area contributed by atoms with Gasteiger partial charge in [-0.05, 0) is 48.9 Å². The predicted octanol–water partition coefficient (Wildman–Crippen LogP) is 1.93. The van der Waals surface area contributed by atoms with E-state index in [0.717, 1.165) is 11.3 Å². The van der Waals surface area contributed by atoms with Crippen LogP contribution in [-0.2, 0) is 16.1 Å². The molecule has 0 aromatic heterocycles. The number of rotatable bonds is 10. The lowest BCUT2D eigenvalue weighted by Crippen LogP contribution is -2.28. The lowest BCUT2D eigenvalue weighted by atomic mass is 10.1. The Morgan fingerprint density at radius 1 is 1.11 bits per heavy atom. The Morgan fingerprint density at radius 3 is 2.59 bits per heavy atom. The summed E-state index contributed by atoms with van der Waals surface area (Å²) in [5.41, 5.74) is 7.85. The molecule has 4 N–H and O–H groups in total. The van der Waals surface area contributed by atoms with Crippen LogP contribution < -0.4 is 21.1 Å². The number of amides is 1. The quantitative estimate of drug-likeness (QED) is 0.552. The van der Waals surface area contributed by atoms with Gasteiger partial charge in [0.15, 0.2) is 6.61 Å². The molecule has 0 heterocycles. The van der Waals surface area contributed by atoms with Crippen molar-refractivity contribution in [3.05, 3.63) is 59.7 Å². The molecule has 144 valence electrons. The van der Waals surface area contributed by atoms with Crippen molar-refractivity contribution in [2.45, 2.75) is 13.5 Å². The summed E-state index contributed by atoms with van der Waals surface area (Å²) in [6, 6.07) is 14.7. The van der Waals surface area contributed by atoms with E-state index in [0.29, 0.717) is 37.6 Å². The number of benzene rings is 2. The number of nitrogens with one attached hydrogen (secondary N) is 2. The first-order valence-electron chi connectivity index (χ1n) is 8.82. The molecule has 0 atom stereocenters. The Hall–Kier alpha value is -3.06. The molecule has 0 aliphatic rings. The van der Waals surface area contributed by atoms with Crippen molar-refractivity contribution in [3.63, 3.8) is 0 Å². The minimum atomic E-state index is -0.392. The van der Waals surface area contributed by atoms with Crippen LogP contribution in [0.1, 0.15) is 22.8 Å². The third kappa shape index (κ3) is 6.99. The summed E-state index contributed by atoms with van der Waals surface area (Å²) in [7, 11) is 0. The van der Waals surface area contributed by atoms with E-state index in [1.165, 1.54) is 0 Å². The third-order valence-electron chi connectivity index (χ3n) is 3.63. The summed E-state index contributed by atoms with van der Waals surface area (Å²) in [4.78, 5) is 23.2. The van der Waals surface area contributed by atoms with Gasteiger partial charge in [0.05, 0.1) is 6.61 Å². The Bertz CT molecular complexity index is 747. The second kappa shape index (κ2) is 10.8. The Labute approximate surface area is 158 Å². The fourth-order valence-electron chi connectivity index (χ4n) is 2.32.